The van der Waals surface area contributed by atoms with E-state index in [4.69, 9.17) is 9.63 Å². The van der Waals surface area contributed by atoms with Crippen LogP contribution in [0.5, 0.6) is 0 Å². The Labute approximate surface area is 156 Å². The minimum absolute atomic E-state index is 0.0855. The number of hydrogen-bond donors (Lipinski definition) is 1. The van der Waals surface area contributed by atoms with E-state index in [9.17, 15) is 4.79 Å². The zero-order chi connectivity index (χ0) is 19.2. The maximum atomic E-state index is 11.2. The van der Waals surface area contributed by atoms with E-state index in [0.717, 1.165) is 24.2 Å². The van der Waals surface area contributed by atoms with Crippen molar-refractivity contribution in [3.8, 4) is 11.4 Å². The van der Waals surface area contributed by atoms with E-state index in [1.165, 1.54) is 4.68 Å². The molecule has 0 amide bonds. The minimum Gasteiger partial charge on any atom is -0.480 e. The van der Waals surface area contributed by atoms with Gasteiger partial charge in [0.05, 0.1) is 23.3 Å². The molecule has 1 aliphatic rings. The van der Waals surface area contributed by atoms with Crippen molar-refractivity contribution in [2.24, 2.45) is 0 Å². The van der Waals surface area contributed by atoms with Gasteiger partial charge in [-0.2, -0.15) is 5.10 Å². The molecular formula is C18H22N6O3. The van der Waals surface area contributed by atoms with Crippen LogP contribution < -0.4 is 0 Å². The Hall–Kier alpha value is -2.97. The third-order valence-corrected chi connectivity index (χ3v) is 4.53. The summed E-state index contributed by atoms with van der Waals surface area (Å²) in [5.74, 6) is 0.179. The van der Waals surface area contributed by atoms with Crippen molar-refractivity contribution >= 4 is 5.97 Å². The molecule has 3 aromatic rings. The first-order valence-electron chi connectivity index (χ1n) is 8.96. The first kappa shape index (κ1) is 17.4. The van der Waals surface area contributed by atoms with E-state index in [1.54, 1.807) is 10.9 Å². The summed E-state index contributed by atoms with van der Waals surface area (Å²) in [6.07, 6.45) is 3.96. The molecule has 0 aliphatic heterocycles. The van der Waals surface area contributed by atoms with Crippen LogP contribution in [-0.4, -0.2) is 41.0 Å². The Morgan fingerprint density at radius 3 is 2.74 bits per heavy atom. The van der Waals surface area contributed by atoms with Gasteiger partial charge in [-0.25, -0.2) is 4.68 Å². The van der Waals surface area contributed by atoms with Crippen LogP contribution in [0.3, 0.4) is 0 Å². The molecule has 3 aromatic heterocycles. The minimum atomic E-state index is -0.939. The van der Waals surface area contributed by atoms with Crippen LogP contribution in [-0.2, 0) is 23.3 Å². The monoisotopic (exact) mass is 370 g/mol. The van der Waals surface area contributed by atoms with Gasteiger partial charge in [-0.15, -0.1) is 5.10 Å². The Bertz CT molecular complexity index is 974. The second kappa shape index (κ2) is 6.33. The van der Waals surface area contributed by atoms with Crippen LogP contribution in [0.15, 0.2) is 22.9 Å². The number of aliphatic carboxylic acids is 1. The lowest BCUT2D eigenvalue weighted by atomic mass is 9.92. The van der Waals surface area contributed by atoms with Crippen LogP contribution >= 0.6 is 0 Å². The molecule has 0 saturated heterocycles. The van der Waals surface area contributed by atoms with Crippen molar-refractivity contribution in [2.45, 2.75) is 58.0 Å². The molecule has 0 bridgehead atoms. The molecule has 142 valence electrons. The molecule has 0 radical (unpaired) electrons. The summed E-state index contributed by atoms with van der Waals surface area (Å²) >= 11 is 0. The quantitative estimate of drug-likeness (QED) is 0.709. The Morgan fingerprint density at radius 2 is 2.11 bits per heavy atom. The highest BCUT2D eigenvalue weighted by molar-refractivity contribution is 5.68. The molecule has 0 aromatic carbocycles. The molecule has 27 heavy (non-hydrogen) atoms. The molecule has 0 spiro atoms. The van der Waals surface area contributed by atoms with E-state index in [0.29, 0.717) is 29.6 Å². The average Bonchev–Trinajstić information content (AvgIpc) is 2.97. The van der Waals surface area contributed by atoms with Crippen molar-refractivity contribution in [3.63, 3.8) is 0 Å². The molecule has 9 nitrogen and oxygen atoms in total. The molecule has 1 N–H and O–H groups in total. The fourth-order valence-electron chi connectivity index (χ4n) is 2.86. The van der Waals surface area contributed by atoms with Gasteiger partial charge >= 0.3 is 5.97 Å². The van der Waals surface area contributed by atoms with Gasteiger partial charge in [-0.3, -0.25) is 9.48 Å². The fraction of sp³-hybridized carbons (Fsp3) is 0.500. The number of carbonyl (C=O) groups is 1. The van der Waals surface area contributed by atoms with E-state index in [-0.39, 0.29) is 12.0 Å². The highest BCUT2D eigenvalue weighted by Crippen LogP contribution is 2.40. The molecule has 1 saturated carbocycles. The summed E-state index contributed by atoms with van der Waals surface area (Å²) < 4.78 is 8.53. The topological polar surface area (TPSA) is 112 Å². The largest absolute Gasteiger partial charge is 0.480 e. The number of hydrogen-bond acceptors (Lipinski definition) is 6. The van der Waals surface area contributed by atoms with Crippen molar-refractivity contribution in [1.82, 2.24) is 29.9 Å². The highest BCUT2D eigenvalue weighted by Gasteiger charge is 2.28. The second-order valence-corrected chi connectivity index (χ2v) is 8.01. The van der Waals surface area contributed by atoms with Gasteiger partial charge in [-0.1, -0.05) is 31.1 Å². The van der Waals surface area contributed by atoms with Crippen molar-refractivity contribution < 1.29 is 14.4 Å². The van der Waals surface area contributed by atoms with Gasteiger partial charge < -0.3 is 9.63 Å². The SMILES string of the molecule is CC(C)(C)c1cc(Cn2cc(-c3cc(C4CC4)nn3CC(=O)O)nn2)on1. The number of carboxylic acid groups (broad SMARTS) is 1. The molecule has 3 heterocycles. The lowest BCUT2D eigenvalue weighted by Gasteiger charge is -2.12. The zero-order valence-corrected chi connectivity index (χ0v) is 15.6. The Morgan fingerprint density at radius 1 is 1.33 bits per heavy atom. The first-order chi connectivity index (χ1) is 12.8. The fourth-order valence-corrected chi connectivity index (χ4v) is 2.86. The lowest BCUT2D eigenvalue weighted by Crippen LogP contribution is -2.11. The lowest BCUT2D eigenvalue weighted by molar-refractivity contribution is -0.137. The molecular weight excluding hydrogens is 348 g/mol. The van der Waals surface area contributed by atoms with Crippen molar-refractivity contribution in [3.05, 3.63) is 35.5 Å². The maximum absolute atomic E-state index is 11.2. The third kappa shape index (κ3) is 3.76. The molecule has 9 heteroatoms. The zero-order valence-electron chi connectivity index (χ0n) is 15.6. The van der Waals surface area contributed by atoms with Gasteiger partial charge in [0.2, 0.25) is 0 Å². The summed E-state index contributed by atoms with van der Waals surface area (Å²) in [7, 11) is 0. The van der Waals surface area contributed by atoms with Crippen LogP contribution in [0, 0.1) is 0 Å². The predicted molar refractivity (Wildman–Crippen MR) is 95.2 cm³/mol. The van der Waals surface area contributed by atoms with Crippen LogP contribution in [0.1, 0.15) is 56.7 Å². The summed E-state index contributed by atoms with van der Waals surface area (Å²) in [5, 5.41) is 26.0. The van der Waals surface area contributed by atoms with E-state index in [1.807, 2.05) is 12.1 Å². The van der Waals surface area contributed by atoms with Crippen LogP contribution in [0.25, 0.3) is 11.4 Å². The summed E-state index contributed by atoms with van der Waals surface area (Å²) in [5.41, 5.74) is 2.97. The molecule has 0 unspecified atom stereocenters. The maximum Gasteiger partial charge on any atom is 0.325 e. The Balaban J connectivity index is 1.57. The summed E-state index contributed by atoms with van der Waals surface area (Å²) in [6, 6.07) is 3.84. The smallest absolute Gasteiger partial charge is 0.325 e. The number of rotatable bonds is 6. The molecule has 0 atom stereocenters. The molecule has 1 aliphatic carbocycles. The average molecular weight is 370 g/mol. The molecule has 4 rings (SSSR count). The first-order valence-corrected chi connectivity index (χ1v) is 8.96. The second-order valence-electron chi connectivity index (χ2n) is 8.01. The van der Waals surface area contributed by atoms with Crippen LogP contribution in [0.4, 0.5) is 0 Å². The van der Waals surface area contributed by atoms with Gasteiger partial charge in [0.15, 0.2) is 5.76 Å². The van der Waals surface area contributed by atoms with E-state index >= 15 is 0 Å². The predicted octanol–water partition coefficient (Wildman–Crippen LogP) is 2.44. The van der Waals surface area contributed by atoms with Gasteiger partial charge in [0.25, 0.3) is 0 Å². The third-order valence-electron chi connectivity index (χ3n) is 4.53. The molecule has 1 fully saturated rings. The van der Waals surface area contributed by atoms with E-state index in [2.05, 4.69) is 41.3 Å². The van der Waals surface area contributed by atoms with Crippen LogP contribution in [0.2, 0.25) is 0 Å². The number of aromatic nitrogens is 6. The van der Waals surface area contributed by atoms with Crippen molar-refractivity contribution in [2.75, 3.05) is 0 Å². The summed E-state index contributed by atoms with van der Waals surface area (Å²) in [6.45, 7) is 6.42. The van der Waals surface area contributed by atoms with Crippen molar-refractivity contribution in [1.29, 1.82) is 0 Å². The number of carboxylic acids is 1. The Kier molecular flexibility index (Phi) is 4.09. The van der Waals surface area contributed by atoms with Gasteiger partial charge in [0, 0.05) is 17.4 Å². The normalized spacial score (nSPS) is 14.6. The van der Waals surface area contributed by atoms with Gasteiger partial charge in [-0.05, 0) is 18.9 Å². The highest BCUT2D eigenvalue weighted by atomic mass is 16.5. The van der Waals surface area contributed by atoms with E-state index < -0.39 is 5.97 Å². The summed E-state index contributed by atoms with van der Waals surface area (Å²) in [4.78, 5) is 11.2. The number of nitrogens with zero attached hydrogens (tertiary/aromatic N) is 6. The standard InChI is InChI=1S/C18H22N6O3/c1-18(2,3)16-6-12(27-21-16)8-23-9-14(19-22-23)15-7-13(11-4-5-11)20-24(15)10-17(25)26/h6-7,9,11H,4-5,8,10H2,1-3H3,(H,25,26). The van der Waals surface area contributed by atoms with Gasteiger partial charge in [0.1, 0.15) is 18.8 Å².